The molecule has 0 aliphatic carbocycles. The molecule has 0 saturated heterocycles. The van der Waals surface area contributed by atoms with Gasteiger partial charge in [-0.2, -0.15) is 8.42 Å². The Hall–Kier alpha value is -0.250. The van der Waals surface area contributed by atoms with Crippen LogP contribution in [0, 0.1) is 0 Å². The van der Waals surface area contributed by atoms with Crippen molar-refractivity contribution in [3.63, 3.8) is 0 Å². The highest BCUT2D eigenvalue weighted by Crippen LogP contribution is 1.59. The average Bonchev–Trinajstić information content (AvgIpc) is 1.72. The van der Waals surface area contributed by atoms with Crippen LogP contribution in [0.5, 0.6) is 0 Å². The van der Waals surface area contributed by atoms with Crippen molar-refractivity contribution in [3.8, 4) is 0 Å². The second-order valence-electron chi connectivity index (χ2n) is 0.448. The fraction of sp³-hybridized carbons (Fsp3) is 1.00. The molecule has 0 bridgehead atoms. The van der Waals surface area contributed by atoms with Gasteiger partial charge < -0.3 is 10.3 Å². The summed E-state index contributed by atoms with van der Waals surface area (Å²) in [5.74, 6) is 3.50. The van der Waals surface area contributed by atoms with E-state index in [4.69, 9.17) is 27.8 Å². The maximum atomic E-state index is 8.74. The smallest absolute Gasteiger partial charge is 0.394 e. The van der Waals surface area contributed by atoms with Crippen LogP contribution < -0.4 is 5.90 Å². The van der Waals surface area contributed by atoms with Gasteiger partial charge in [0, 0.05) is 7.11 Å². The van der Waals surface area contributed by atoms with Gasteiger partial charge in [-0.05, 0) is 0 Å². The number of hydrogen-bond donors (Lipinski definition) is 5. The summed E-state index contributed by atoms with van der Waals surface area (Å²) in [5, 5.41) is 13.5. The van der Waals surface area contributed by atoms with Crippen molar-refractivity contribution in [2.45, 2.75) is 0 Å². The predicted molar refractivity (Wildman–Crippen MR) is 28.3 cm³/mol. The van der Waals surface area contributed by atoms with Gasteiger partial charge in [-0.3, -0.25) is 9.11 Å². The zero-order valence-electron chi connectivity index (χ0n) is 4.59. The number of aliphatic hydroxyl groups excluding tert-OH is 1. The zero-order valence-corrected chi connectivity index (χ0v) is 5.41. The number of rotatable bonds is 0. The fourth-order valence-electron chi connectivity index (χ4n) is 0. The lowest BCUT2D eigenvalue weighted by atomic mass is 11.8. The molecule has 0 amide bonds. The van der Waals surface area contributed by atoms with Gasteiger partial charge in [0.2, 0.25) is 0 Å². The number of nitrogens with two attached hydrogens (primary N) is 1. The minimum atomic E-state index is -4.67. The van der Waals surface area contributed by atoms with Gasteiger partial charge in [0.1, 0.15) is 0 Å². The molecule has 0 atom stereocenters. The molecule has 0 saturated carbocycles. The molecule has 0 fully saturated rings. The SMILES string of the molecule is CO.NO.O=S(=O)(O)O. The summed E-state index contributed by atoms with van der Waals surface area (Å²) in [7, 11) is -3.67. The van der Waals surface area contributed by atoms with Crippen LogP contribution in [-0.4, -0.2) is 34.9 Å². The minimum absolute atomic E-state index is 1.00. The van der Waals surface area contributed by atoms with E-state index in [0.717, 1.165) is 7.11 Å². The van der Waals surface area contributed by atoms with Crippen LogP contribution >= 0.6 is 0 Å². The van der Waals surface area contributed by atoms with Crippen molar-refractivity contribution in [2.24, 2.45) is 5.90 Å². The highest BCUT2D eigenvalue weighted by atomic mass is 32.3. The molecule has 7 nitrogen and oxygen atoms in total. The summed E-state index contributed by atoms with van der Waals surface area (Å²) in [6.07, 6.45) is 0. The molecule has 9 heavy (non-hydrogen) atoms. The summed E-state index contributed by atoms with van der Waals surface area (Å²) in [6.45, 7) is 0. The topological polar surface area (TPSA) is 141 Å². The highest BCUT2D eigenvalue weighted by Gasteiger charge is 1.84. The third kappa shape index (κ3) is 4100. The van der Waals surface area contributed by atoms with E-state index in [1.54, 1.807) is 0 Å². The normalized spacial score (nSPS) is 7.78. The summed E-state index contributed by atoms with van der Waals surface area (Å²) < 4.78 is 31.6. The van der Waals surface area contributed by atoms with E-state index >= 15 is 0 Å². The van der Waals surface area contributed by atoms with Crippen LogP contribution in [-0.2, 0) is 10.4 Å². The first-order chi connectivity index (χ1) is 4.00. The molecule has 0 spiro atoms. The Morgan fingerprint density at radius 1 is 1.11 bits per heavy atom. The third-order valence-corrected chi connectivity index (χ3v) is 0. The van der Waals surface area contributed by atoms with E-state index in [1.165, 1.54) is 0 Å². The predicted octanol–water partition coefficient (Wildman–Crippen LogP) is -1.71. The molecule has 0 aromatic heterocycles. The van der Waals surface area contributed by atoms with Crippen LogP contribution in [0.25, 0.3) is 0 Å². The molecule has 0 unspecified atom stereocenters. The van der Waals surface area contributed by atoms with E-state index in [9.17, 15) is 0 Å². The van der Waals surface area contributed by atoms with Gasteiger partial charge in [-0.1, -0.05) is 0 Å². The first-order valence-electron chi connectivity index (χ1n) is 1.40. The van der Waals surface area contributed by atoms with E-state index in [0.29, 0.717) is 0 Å². The quantitative estimate of drug-likeness (QED) is 0.211. The van der Waals surface area contributed by atoms with Gasteiger partial charge in [0.25, 0.3) is 0 Å². The number of aliphatic hydroxyl groups is 1. The average molecular weight is 163 g/mol. The second-order valence-corrected chi connectivity index (χ2v) is 1.34. The van der Waals surface area contributed by atoms with E-state index in [2.05, 4.69) is 5.90 Å². The first kappa shape index (κ1) is 15.9. The molecule has 60 valence electrons. The van der Waals surface area contributed by atoms with E-state index < -0.39 is 10.4 Å². The van der Waals surface area contributed by atoms with Crippen LogP contribution in [0.4, 0.5) is 0 Å². The molecule has 0 aliphatic rings. The largest absolute Gasteiger partial charge is 0.400 e. The monoisotopic (exact) mass is 163 g/mol. The maximum Gasteiger partial charge on any atom is 0.394 e. The summed E-state index contributed by atoms with van der Waals surface area (Å²) in [5.41, 5.74) is 0. The maximum absolute atomic E-state index is 8.74. The second kappa shape index (κ2) is 10.7. The van der Waals surface area contributed by atoms with Gasteiger partial charge in [0.05, 0.1) is 0 Å². The molecular formula is CH9NO6S. The molecule has 0 aliphatic heterocycles. The third-order valence-electron chi connectivity index (χ3n) is 0. The highest BCUT2D eigenvalue weighted by molar-refractivity contribution is 7.79. The summed E-state index contributed by atoms with van der Waals surface area (Å²) in [6, 6.07) is 0. The van der Waals surface area contributed by atoms with Crippen molar-refractivity contribution < 1.29 is 27.8 Å². The van der Waals surface area contributed by atoms with Gasteiger partial charge in [-0.15, -0.1) is 0 Å². The van der Waals surface area contributed by atoms with Crippen molar-refractivity contribution in [2.75, 3.05) is 7.11 Å². The van der Waals surface area contributed by atoms with Crippen LogP contribution in [0.15, 0.2) is 0 Å². The van der Waals surface area contributed by atoms with Crippen LogP contribution in [0.2, 0.25) is 0 Å². The lowest BCUT2D eigenvalue weighted by Crippen LogP contribution is -1.89. The van der Waals surface area contributed by atoms with Crippen molar-refractivity contribution in [1.29, 1.82) is 0 Å². The summed E-state index contributed by atoms with van der Waals surface area (Å²) >= 11 is 0. The molecule has 0 aromatic rings. The molecule has 0 heterocycles. The van der Waals surface area contributed by atoms with E-state index in [1.807, 2.05) is 0 Å². The Morgan fingerprint density at radius 3 is 1.11 bits per heavy atom. The van der Waals surface area contributed by atoms with Crippen molar-refractivity contribution in [1.82, 2.24) is 0 Å². The van der Waals surface area contributed by atoms with Gasteiger partial charge in [0.15, 0.2) is 0 Å². The van der Waals surface area contributed by atoms with Gasteiger partial charge >= 0.3 is 10.4 Å². The molecular weight excluding hydrogens is 154 g/mol. The Balaban J connectivity index is -0.0000000771. The van der Waals surface area contributed by atoms with E-state index in [-0.39, 0.29) is 0 Å². The van der Waals surface area contributed by atoms with Gasteiger partial charge in [-0.25, -0.2) is 5.90 Å². The fourth-order valence-corrected chi connectivity index (χ4v) is 0. The molecule has 8 heteroatoms. The lowest BCUT2D eigenvalue weighted by molar-refractivity contribution is 0.311. The molecule has 0 aromatic carbocycles. The Morgan fingerprint density at radius 2 is 1.11 bits per heavy atom. The van der Waals surface area contributed by atoms with Crippen molar-refractivity contribution in [3.05, 3.63) is 0 Å². The molecule has 0 radical (unpaired) electrons. The zero-order chi connectivity index (χ0) is 8.50. The number of hydrogen-bond acceptors (Lipinski definition) is 5. The lowest BCUT2D eigenvalue weighted by Gasteiger charge is -1.68. The minimum Gasteiger partial charge on any atom is -0.400 e. The van der Waals surface area contributed by atoms with Crippen molar-refractivity contribution >= 4 is 10.4 Å². The molecule has 6 N–H and O–H groups in total. The Labute approximate surface area is 52.3 Å². The first-order valence-corrected chi connectivity index (χ1v) is 2.80. The Kier molecular flexibility index (Phi) is 18.9. The van der Waals surface area contributed by atoms with Crippen LogP contribution in [0.1, 0.15) is 0 Å². The summed E-state index contributed by atoms with van der Waals surface area (Å²) in [4.78, 5) is 0. The Bertz CT molecular complexity index is 96.2. The standard InChI is InChI=1S/CH4O.H3NO.H2O4S/c2*1-2;1-5(2,3)4/h2H,1H3;2H,1H2;(H2,1,2,3,4). The van der Waals surface area contributed by atoms with Crippen LogP contribution in [0.3, 0.4) is 0 Å². The molecule has 0 rings (SSSR count).